The van der Waals surface area contributed by atoms with Gasteiger partial charge >= 0.3 is 0 Å². The van der Waals surface area contributed by atoms with E-state index >= 15 is 0 Å². The van der Waals surface area contributed by atoms with Crippen LogP contribution in [0.2, 0.25) is 0 Å². The molecule has 6 nitrogen and oxygen atoms in total. The van der Waals surface area contributed by atoms with E-state index < -0.39 is 17.6 Å². The van der Waals surface area contributed by atoms with Crippen molar-refractivity contribution in [2.75, 3.05) is 13.1 Å². The maximum absolute atomic E-state index is 13.0. The predicted molar refractivity (Wildman–Crippen MR) is 72.6 cm³/mol. The van der Waals surface area contributed by atoms with Crippen molar-refractivity contribution < 1.29 is 18.8 Å². The second-order valence-corrected chi connectivity index (χ2v) is 4.88. The number of benzene rings is 1. The zero-order valence-electron chi connectivity index (χ0n) is 11.6. The molecule has 7 heteroatoms. The minimum absolute atomic E-state index is 0.0640. The number of carbonyl (C=O) groups is 3. The number of aryl methyl sites for hydroxylation is 1. The summed E-state index contributed by atoms with van der Waals surface area (Å²) < 4.78 is 13.0. The number of likely N-dealkylation sites (tertiary alicyclic amines) is 1. The van der Waals surface area contributed by atoms with Gasteiger partial charge < -0.3 is 4.90 Å². The fraction of sp³-hybridized carbons (Fsp3) is 0.357. The van der Waals surface area contributed by atoms with E-state index in [1.165, 1.54) is 23.1 Å². The molecule has 21 heavy (non-hydrogen) atoms. The Labute approximate surface area is 121 Å². The fourth-order valence-electron chi connectivity index (χ4n) is 2.16. The number of rotatable bonds is 3. The Hall–Kier alpha value is -2.44. The van der Waals surface area contributed by atoms with Gasteiger partial charge in [-0.25, -0.2) is 4.39 Å². The summed E-state index contributed by atoms with van der Waals surface area (Å²) in [6.07, 6.45) is 1.20. The van der Waals surface area contributed by atoms with E-state index in [0.717, 1.165) is 6.42 Å². The molecule has 0 atom stereocenters. The number of nitrogens with one attached hydrogen (secondary N) is 2. The Morgan fingerprint density at radius 3 is 2.71 bits per heavy atom. The van der Waals surface area contributed by atoms with Crippen LogP contribution in [0.1, 0.15) is 28.8 Å². The third kappa shape index (κ3) is 3.77. The zero-order chi connectivity index (χ0) is 15.4. The Kier molecular flexibility index (Phi) is 4.52. The van der Waals surface area contributed by atoms with Gasteiger partial charge in [0.25, 0.3) is 11.8 Å². The first-order valence-electron chi connectivity index (χ1n) is 6.60. The van der Waals surface area contributed by atoms with Gasteiger partial charge in [0.2, 0.25) is 5.91 Å². The average molecular weight is 293 g/mol. The van der Waals surface area contributed by atoms with Gasteiger partial charge in [0.05, 0.1) is 0 Å². The fourth-order valence-corrected chi connectivity index (χ4v) is 2.16. The van der Waals surface area contributed by atoms with Crippen LogP contribution in [0.5, 0.6) is 0 Å². The van der Waals surface area contributed by atoms with Gasteiger partial charge in [-0.1, -0.05) is 0 Å². The molecule has 1 aromatic carbocycles. The first-order valence-corrected chi connectivity index (χ1v) is 6.60. The minimum Gasteiger partial charge on any atom is -0.333 e. The molecular weight excluding hydrogens is 277 g/mol. The average Bonchev–Trinajstić information content (AvgIpc) is 2.81. The molecule has 2 N–H and O–H groups in total. The van der Waals surface area contributed by atoms with Crippen LogP contribution < -0.4 is 10.9 Å². The molecule has 1 fully saturated rings. The SMILES string of the molecule is Cc1cc(F)ccc1C(=O)NNC(=O)CN1CCCC1=O. The number of amides is 3. The quantitative estimate of drug-likeness (QED) is 0.797. The Bertz CT molecular complexity index is 589. The predicted octanol–water partition coefficient (Wildman–Crippen LogP) is 0.518. The summed E-state index contributed by atoms with van der Waals surface area (Å²) in [5.41, 5.74) is 5.23. The lowest BCUT2D eigenvalue weighted by molar-refractivity contribution is -0.133. The number of hydrogen-bond donors (Lipinski definition) is 2. The van der Waals surface area contributed by atoms with Crippen molar-refractivity contribution >= 4 is 17.7 Å². The van der Waals surface area contributed by atoms with Gasteiger partial charge in [0.15, 0.2) is 0 Å². The van der Waals surface area contributed by atoms with Crippen molar-refractivity contribution in [1.29, 1.82) is 0 Å². The van der Waals surface area contributed by atoms with E-state index in [1.54, 1.807) is 6.92 Å². The summed E-state index contributed by atoms with van der Waals surface area (Å²) in [6, 6.07) is 3.75. The number of halogens is 1. The highest BCUT2D eigenvalue weighted by Gasteiger charge is 2.22. The molecule has 0 aliphatic carbocycles. The van der Waals surface area contributed by atoms with Crippen LogP contribution in [0.15, 0.2) is 18.2 Å². The lowest BCUT2D eigenvalue weighted by atomic mass is 10.1. The van der Waals surface area contributed by atoms with E-state index in [1.807, 2.05) is 0 Å². The lowest BCUT2D eigenvalue weighted by Crippen LogP contribution is -2.46. The lowest BCUT2D eigenvalue weighted by Gasteiger charge is -2.15. The summed E-state index contributed by atoms with van der Waals surface area (Å²) >= 11 is 0. The molecule has 1 aliphatic heterocycles. The summed E-state index contributed by atoms with van der Waals surface area (Å²) in [5.74, 6) is -1.50. The number of carbonyl (C=O) groups excluding carboxylic acids is 3. The topological polar surface area (TPSA) is 78.5 Å². The van der Waals surface area contributed by atoms with Gasteiger partial charge in [-0.3, -0.25) is 25.2 Å². The van der Waals surface area contributed by atoms with Crippen molar-refractivity contribution in [1.82, 2.24) is 15.8 Å². The van der Waals surface area contributed by atoms with Gasteiger partial charge in [0.1, 0.15) is 12.4 Å². The van der Waals surface area contributed by atoms with Crippen LogP contribution in [0.3, 0.4) is 0 Å². The number of hydrogen-bond acceptors (Lipinski definition) is 3. The highest BCUT2D eigenvalue weighted by Crippen LogP contribution is 2.10. The normalized spacial score (nSPS) is 14.2. The van der Waals surface area contributed by atoms with Crippen LogP contribution in [-0.4, -0.2) is 35.7 Å². The van der Waals surface area contributed by atoms with Crippen molar-refractivity contribution in [2.45, 2.75) is 19.8 Å². The number of hydrazine groups is 1. The molecule has 0 aromatic heterocycles. The molecule has 1 saturated heterocycles. The summed E-state index contributed by atoms with van der Waals surface area (Å²) in [4.78, 5) is 36.3. The van der Waals surface area contributed by atoms with E-state index in [2.05, 4.69) is 10.9 Å². The molecule has 0 radical (unpaired) electrons. The van der Waals surface area contributed by atoms with Gasteiger partial charge in [-0.2, -0.15) is 0 Å². The minimum atomic E-state index is -0.534. The van der Waals surface area contributed by atoms with Gasteiger partial charge in [-0.15, -0.1) is 0 Å². The first kappa shape index (κ1) is 15.0. The molecule has 1 aromatic rings. The molecule has 0 saturated carbocycles. The maximum Gasteiger partial charge on any atom is 0.269 e. The van der Waals surface area contributed by atoms with Crippen LogP contribution in [0.4, 0.5) is 4.39 Å². The van der Waals surface area contributed by atoms with E-state index in [9.17, 15) is 18.8 Å². The number of nitrogens with zero attached hydrogens (tertiary/aromatic N) is 1. The molecule has 112 valence electrons. The van der Waals surface area contributed by atoms with Crippen LogP contribution in [0, 0.1) is 12.7 Å². The standard InChI is InChI=1S/C14H16FN3O3/c1-9-7-10(15)4-5-11(9)14(21)17-16-12(19)8-18-6-2-3-13(18)20/h4-5,7H,2-3,6,8H2,1H3,(H,16,19)(H,17,21). The maximum atomic E-state index is 13.0. The monoisotopic (exact) mass is 293 g/mol. The Morgan fingerprint density at radius 1 is 1.33 bits per heavy atom. The zero-order valence-corrected chi connectivity index (χ0v) is 11.6. The third-order valence-corrected chi connectivity index (χ3v) is 3.25. The smallest absolute Gasteiger partial charge is 0.269 e. The van der Waals surface area contributed by atoms with Crippen LogP contribution in [0.25, 0.3) is 0 Å². The molecule has 1 heterocycles. The second kappa shape index (κ2) is 6.34. The van der Waals surface area contributed by atoms with Gasteiger partial charge in [-0.05, 0) is 37.1 Å². The highest BCUT2D eigenvalue weighted by molar-refractivity contribution is 5.97. The molecule has 0 unspecified atom stereocenters. The molecule has 3 amide bonds. The largest absolute Gasteiger partial charge is 0.333 e. The summed E-state index contributed by atoms with van der Waals surface area (Å²) in [6.45, 7) is 2.07. The molecule has 0 spiro atoms. The Balaban J connectivity index is 1.86. The van der Waals surface area contributed by atoms with Crippen molar-refractivity contribution in [3.8, 4) is 0 Å². The van der Waals surface area contributed by atoms with E-state index in [4.69, 9.17) is 0 Å². The third-order valence-electron chi connectivity index (χ3n) is 3.25. The van der Waals surface area contributed by atoms with Crippen molar-refractivity contribution in [3.05, 3.63) is 35.1 Å². The van der Waals surface area contributed by atoms with Crippen LogP contribution >= 0.6 is 0 Å². The highest BCUT2D eigenvalue weighted by atomic mass is 19.1. The molecular formula is C14H16FN3O3. The van der Waals surface area contributed by atoms with Gasteiger partial charge in [0, 0.05) is 18.5 Å². The molecule has 0 bridgehead atoms. The molecule has 2 rings (SSSR count). The Morgan fingerprint density at radius 2 is 2.10 bits per heavy atom. The summed E-state index contributed by atoms with van der Waals surface area (Å²) in [5, 5.41) is 0. The van der Waals surface area contributed by atoms with E-state index in [-0.39, 0.29) is 18.0 Å². The second-order valence-electron chi connectivity index (χ2n) is 4.88. The van der Waals surface area contributed by atoms with Crippen molar-refractivity contribution in [2.24, 2.45) is 0 Å². The first-order chi connectivity index (χ1) is 9.97. The summed E-state index contributed by atoms with van der Waals surface area (Å²) in [7, 11) is 0. The van der Waals surface area contributed by atoms with E-state index in [0.29, 0.717) is 18.5 Å². The van der Waals surface area contributed by atoms with Crippen LogP contribution in [-0.2, 0) is 9.59 Å². The molecule has 1 aliphatic rings. The van der Waals surface area contributed by atoms with Crippen molar-refractivity contribution in [3.63, 3.8) is 0 Å².